The van der Waals surface area contributed by atoms with Crippen LogP contribution in [-0.4, -0.2) is 35.8 Å². The molecule has 1 aliphatic rings. The Labute approximate surface area is 143 Å². The maximum absolute atomic E-state index is 14.3. The second kappa shape index (κ2) is 6.81. The summed E-state index contributed by atoms with van der Waals surface area (Å²) in [5.74, 6) is 4.66. The van der Waals surface area contributed by atoms with Crippen LogP contribution in [0, 0.1) is 17.7 Å². The largest absolute Gasteiger partial charge is 0.495 e. The number of amides is 1. The van der Waals surface area contributed by atoms with Crippen molar-refractivity contribution in [1.29, 1.82) is 0 Å². The van der Waals surface area contributed by atoms with E-state index < -0.39 is 11.9 Å². The van der Waals surface area contributed by atoms with E-state index in [2.05, 4.69) is 22.1 Å². The van der Waals surface area contributed by atoms with E-state index in [0.29, 0.717) is 22.7 Å². The molecule has 25 heavy (non-hydrogen) atoms. The van der Waals surface area contributed by atoms with Crippen LogP contribution in [-0.2, 0) is 4.79 Å². The molecule has 1 unspecified atom stereocenters. The van der Waals surface area contributed by atoms with Gasteiger partial charge in [0.25, 0.3) is 5.91 Å². The first-order valence-electron chi connectivity index (χ1n) is 7.52. The van der Waals surface area contributed by atoms with Gasteiger partial charge in [-0.3, -0.25) is 4.79 Å². The third-order valence-corrected chi connectivity index (χ3v) is 3.75. The summed E-state index contributed by atoms with van der Waals surface area (Å²) in [5, 5.41) is 12.2. The number of carbonyl (C=O) groups is 1. The Morgan fingerprint density at radius 2 is 2.24 bits per heavy atom. The van der Waals surface area contributed by atoms with Crippen LogP contribution in [0.15, 0.2) is 24.4 Å². The summed E-state index contributed by atoms with van der Waals surface area (Å²) >= 11 is 0. The van der Waals surface area contributed by atoms with Crippen LogP contribution in [0.4, 0.5) is 10.1 Å². The predicted octanol–water partition coefficient (Wildman–Crippen LogP) is 1.33. The molecule has 1 aliphatic heterocycles. The lowest BCUT2D eigenvalue weighted by Gasteiger charge is -2.05. The number of benzene rings is 1. The number of anilines is 1. The molecular weight excluding hydrogens is 325 g/mol. The summed E-state index contributed by atoms with van der Waals surface area (Å²) in [5.41, 5.74) is 6.97. The molecule has 1 amide bonds. The van der Waals surface area contributed by atoms with Crippen molar-refractivity contribution in [3.05, 3.63) is 47.0 Å². The molecule has 6 nitrogen and oxygen atoms in total. The Bertz CT molecular complexity index is 921. The molecule has 3 rings (SSSR count). The van der Waals surface area contributed by atoms with E-state index in [1.54, 1.807) is 18.3 Å². The Hall–Kier alpha value is -3.08. The minimum absolute atomic E-state index is 0.0279. The number of hydrogen-bond donors (Lipinski definition) is 4. The number of methoxy groups -OCH3 is 1. The first kappa shape index (κ1) is 16.8. The molecule has 1 aromatic carbocycles. The van der Waals surface area contributed by atoms with Gasteiger partial charge in [0.1, 0.15) is 17.7 Å². The lowest BCUT2D eigenvalue weighted by molar-refractivity contribution is -0.110. The highest BCUT2D eigenvalue weighted by Crippen LogP contribution is 2.37. The fourth-order valence-corrected chi connectivity index (χ4v) is 2.54. The maximum atomic E-state index is 14.3. The number of aliphatic hydroxyl groups excluding tert-OH is 1. The van der Waals surface area contributed by atoms with Gasteiger partial charge < -0.3 is 25.9 Å². The standard InChI is InChI=1S/C18H16FN3O3/c1-25-16-6-7-21-15(16)8-12-17-11(3-2-10(23)9-20)13(19)4-5-14(17)22-18(12)24/h4-8,10,21,23H,9,20H2,1H3,(H,22,24)/b12-8-. The molecule has 1 atom stereocenters. The number of H-pyrrole nitrogens is 1. The van der Waals surface area contributed by atoms with E-state index >= 15 is 0 Å². The van der Waals surface area contributed by atoms with Crippen LogP contribution in [0.3, 0.4) is 0 Å². The van der Waals surface area contributed by atoms with Gasteiger partial charge in [-0.05, 0) is 24.3 Å². The van der Waals surface area contributed by atoms with Crippen LogP contribution >= 0.6 is 0 Å². The number of nitrogens with one attached hydrogen (secondary N) is 2. The van der Waals surface area contributed by atoms with Crippen LogP contribution < -0.4 is 15.8 Å². The van der Waals surface area contributed by atoms with Gasteiger partial charge in [0.15, 0.2) is 0 Å². The number of carbonyl (C=O) groups excluding carboxylic acids is 1. The fourth-order valence-electron chi connectivity index (χ4n) is 2.54. The zero-order valence-electron chi connectivity index (χ0n) is 13.4. The Balaban J connectivity index is 2.16. The number of rotatable bonds is 3. The number of aromatic amines is 1. The third kappa shape index (κ3) is 3.13. The summed E-state index contributed by atoms with van der Waals surface area (Å²) in [4.78, 5) is 15.3. The molecule has 7 heteroatoms. The highest BCUT2D eigenvalue weighted by atomic mass is 19.1. The summed E-state index contributed by atoms with van der Waals surface area (Å²) < 4.78 is 19.5. The van der Waals surface area contributed by atoms with Crippen molar-refractivity contribution in [2.75, 3.05) is 19.0 Å². The average molecular weight is 341 g/mol. The monoisotopic (exact) mass is 341 g/mol. The van der Waals surface area contributed by atoms with Gasteiger partial charge in [-0.1, -0.05) is 11.8 Å². The topological polar surface area (TPSA) is 100 Å². The Morgan fingerprint density at radius 1 is 1.44 bits per heavy atom. The highest BCUT2D eigenvalue weighted by Gasteiger charge is 2.28. The molecule has 0 spiro atoms. The normalized spacial score (nSPS) is 15.4. The molecule has 0 saturated carbocycles. The molecule has 0 radical (unpaired) electrons. The summed E-state index contributed by atoms with van der Waals surface area (Å²) in [6.45, 7) is -0.0663. The quantitative estimate of drug-likeness (QED) is 0.500. The number of halogens is 1. The molecule has 5 N–H and O–H groups in total. The Morgan fingerprint density at radius 3 is 2.96 bits per heavy atom. The number of hydrogen-bond acceptors (Lipinski definition) is 4. The number of fused-ring (bicyclic) bond motifs is 1. The van der Waals surface area contributed by atoms with Gasteiger partial charge in [-0.25, -0.2) is 4.39 Å². The van der Waals surface area contributed by atoms with Gasteiger partial charge in [-0.15, -0.1) is 0 Å². The van der Waals surface area contributed by atoms with Crippen molar-refractivity contribution in [2.45, 2.75) is 6.10 Å². The molecule has 128 valence electrons. The Kier molecular flexibility index (Phi) is 4.57. The van der Waals surface area contributed by atoms with Crippen LogP contribution in [0.2, 0.25) is 0 Å². The summed E-state index contributed by atoms with van der Waals surface area (Å²) in [6, 6.07) is 4.40. The van der Waals surface area contributed by atoms with Gasteiger partial charge in [-0.2, -0.15) is 0 Å². The highest BCUT2D eigenvalue weighted by molar-refractivity contribution is 6.35. The van der Waals surface area contributed by atoms with E-state index in [1.165, 1.54) is 19.2 Å². The van der Waals surface area contributed by atoms with Crippen LogP contribution in [0.5, 0.6) is 5.75 Å². The second-order valence-corrected chi connectivity index (χ2v) is 5.34. The molecule has 2 aromatic rings. The van der Waals surface area contributed by atoms with Gasteiger partial charge in [0, 0.05) is 18.3 Å². The van der Waals surface area contributed by atoms with Gasteiger partial charge >= 0.3 is 0 Å². The van der Waals surface area contributed by atoms with E-state index in [0.717, 1.165) is 0 Å². The van der Waals surface area contributed by atoms with Crippen molar-refractivity contribution in [3.63, 3.8) is 0 Å². The van der Waals surface area contributed by atoms with E-state index in [1.807, 2.05) is 0 Å². The predicted molar refractivity (Wildman–Crippen MR) is 92.2 cm³/mol. The molecular formula is C18H16FN3O3. The second-order valence-electron chi connectivity index (χ2n) is 5.34. The number of aromatic nitrogens is 1. The zero-order chi connectivity index (χ0) is 18.0. The SMILES string of the molecule is COc1cc[nH]c1/C=C1\C(=O)Nc2ccc(F)c(C#CC(O)CN)c21. The molecule has 0 saturated heterocycles. The number of ether oxygens (including phenoxy) is 1. The van der Waals surface area contributed by atoms with E-state index in [9.17, 15) is 14.3 Å². The van der Waals surface area contributed by atoms with Gasteiger partial charge in [0.05, 0.1) is 29.6 Å². The van der Waals surface area contributed by atoms with E-state index in [4.69, 9.17) is 10.5 Å². The molecule has 0 fully saturated rings. The molecule has 1 aromatic heterocycles. The summed E-state index contributed by atoms with van der Waals surface area (Å²) in [6.07, 6.45) is 2.17. The summed E-state index contributed by atoms with van der Waals surface area (Å²) in [7, 11) is 1.51. The first-order valence-corrected chi connectivity index (χ1v) is 7.52. The molecule has 0 aliphatic carbocycles. The number of nitrogens with two attached hydrogens (primary N) is 1. The van der Waals surface area contributed by atoms with Crippen LogP contribution in [0.1, 0.15) is 16.8 Å². The fraction of sp³-hybridized carbons (Fsp3) is 0.167. The lowest BCUT2D eigenvalue weighted by Crippen LogP contribution is -2.17. The molecule has 2 heterocycles. The van der Waals surface area contributed by atoms with Crippen LogP contribution in [0.25, 0.3) is 11.6 Å². The smallest absolute Gasteiger partial charge is 0.256 e. The van der Waals surface area contributed by atoms with Gasteiger partial charge in [0.2, 0.25) is 0 Å². The average Bonchev–Trinajstić information content (AvgIpc) is 3.18. The van der Waals surface area contributed by atoms with Crippen molar-refractivity contribution in [1.82, 2.24) is 4.98 Å². The lowest BCUT2D eigenvalue weighted by atomic mass is 9.99. The minimum atomic E-state index is -1.07. The first-order chi connectivity index (χ1) is 12.0. The van der Waals surface area contributed by atoms with Crippen molar-refractivity contribution >= 4 is 23.2 Å². The maximum Gasteiger partial charge on any atom is 0.256 e. The van der Waals surface area contributed by atoms with Crippen molar-refractivity contribution in [2.24, 2.45) is 5.73 Å². The minimum Gasteiger partial charge on any atom is -0.495 e. The molecule has 0 bridgehead atoms. The van der Waals surface area contributed by atoms with Crippen molar-refractivity contribution in [3.8, 4) is 17.6 Å². The third-order valence-electron chi connectivity index (χ3n) is 3.75. The van der Waals surface area contributed by atoms with E-state index in [-0.39, 0.29) is 23.6 Å². The zero-order valence-corrected chi connectivity index (χ0v) is 13.4. The van der Waals surface area contributed by atoms with Crippen molar-refractivity contribution < 1.29 is 19.0 Å². The number of aliphatic hydroxyl groups is 1.